The second-order valence-corrected chi connectivity index (χ2v) is 7.14. The molecule has 0 saturated heterocycles. The summed E-state index contributed by atoms with van der Waals surface area (Å²) in [4.78, 5) is 10.6. The molecular weight excluding hydrogens is 310 g/mol. The minimum absolute atomic E-state index is 0.260. The number of carboxylic acid groups (broad SMARTS) is 1. The normalized spacial score (nSPS) is 20.2. The summed E-state index contributed by atoms with van der Waals surface area (Å²) in [6, 6.07) is 6.64. The Hall–Kier alpha value is -1.87. The van der Waals surface area contributed by atoms with Crippen LogP contribution >= 0.6 is 0 Å². The van der Waals surface area contributed by atoms with Crippen LogP contribution in [-0.2, 0) is 11.3 Å². The Morgan fingerprint density at radius 1 is 1.28 bits per heavy atom. The summed E-state index contributed by atoms with van der Waals surface area (Å²) in [5, 5.41) is 12.3. The molecule has 1 aliphatic carbocycles. The van der Waals surface area contributed by atoms with Gasteiger partial charge >= 0.3 is 5.97 Å². The zero-order valence-corrected chi connectivity index (χ0v) is 15.5. The Kier molecular flexibility index (Phi) is 7.93. The number of nitrogens with one attached hydrogen (secondary N) is 1. The van der Waals surface area contributed by atoms with Crippen LogP contribution < -0.4 is 5.32 Å². The van der Waals surface area contributed by atoms with Crippen LogP contribution in [0, 0.1) is 25.7 Å². The molecule has 136 valence electrons. The van der Waals surface area contributed by atoms with Gasteiger partial charge in [-0.05, 0) is 69.0 Å². The average Bonchev–Trinajstić information content (AvgIpc) is 2.57. The predicted molar refractivity (Wildman–Crippen MR) is 104 cm³/mol. The van der Waals surface area contributed by atoms with Crippen molar-refractivity contribution in [1.29, 1.82) is 0 Å². The lowest BCUT2D eigenvalue weighted by atomic mass is 9.82. The third-order valence-electron chi connectivity index (χ3n) is 4.98. The van der Waals surface area contributed by atoms with Gasteiger partial charge in [0.25, 0.3) is 0 Å². The van der Waals surface area contributed by atoms with Crippen LogP contribution in [0.15, 0.2) is 42.5 Å². The molecule has 0 heterocycles. The smallest absolute Gasteiger partial charge is 0.303 e. The fourth-order valence-electron chi connectivity index (χ4n) is 3.44. The van der Waals surface area contributed by atoms with Crippen molar-refractivity contribution in [3.63, 3.8) is 0 Å². The summed E-state index contributed by atoms with van der Waals surface area (Å²) < 4.78 is 0. The Morgan fingerprint density at radius 2 is 2.08 bits per heavy atom. The lowest BCUT2D eigenvalue weighted by molar-refractivity contribution is -0.137. The van der Waals surface area contributed by atoms with E-state index in [-0.39, 0.29) is 6.42 Å². The number of carboxylic acids is 1. The van der Waals surface area contributed by atoms with Gasteiger partial charge in [0.2, 0.25) is 0 Å². The zero-order chi connectivity index (χ0) is 18.1. The van der Waals surface area contributed by atoms with E-state index in [0.29, 0.717) is 11.8 Å². The molecule has 0 amide bonds. The molecule has 0 fully saturated rings. The molecule has 0 saturated carbocycles. The van der Waals surface area contributed by atoms with Crippen molar-refractivity contribution in [3.05, 3.63) is 59.2 Å². The van der Waals surface area contributed by atoms with Gasteiger partial charge in [-0.3, -0.25) is 4.79 Å². The number of aryl methyl sites for hydroxylation is 2. The van der Waals surface area contributed by atoms with Gasteiger partial charge in [0.15, 0.2) is 0 Å². The van der Waals surface area contributed by atoms with Gasteiger partial charge in [0, 0.05) is 13.0 Å². The largest absolute Gasteiger partial charge is 0.481 e. The van der Waals surface area contributed by atoms with E-state index in [1.165, 1.54) is 16.7 Å². The van der Waals surface area contributed by atoms with Gasteiger partial charge in [0.05, 0.1) is 0 Å². The topological polar surface area (TPSA) is 49.3 Å². The van der Waals surface area contributed by atoms with E-state index in [0.717, 1.165) is 38.8 Å². The molecule has 3 nitrogen and oxygen atoms in total. The van der Waals surface area contributed by atoms with Gasteiger partial charge < -0.3 is 10.4 Å². The third-order valence-corrected chi connectivity index (χ3v) is 4.98. The predicted octanol–water partition coefficient (Wildman–Crippen LogP) is 4.79. The second-order valence-electron chi connectivity index (χ2n) is 7.14. The Labute approximate surface area is 151 Å². The van der Waals surface area contributed by atoms with Gasteiger partial charge in [-0.1, -0.05) is 48.1 Å². The van der Waals surface area contributed by atoms with Crippen molar-refractivity contribution in [2.45, 2.75) is 52.5 Å². The Bertz CT molecular complexity index is 618. The quantitative estimate of drug-likeness (QED) is 0.502. The molecule has 0 aromatic heterocycles. The lowest BCUT2D eigenvalue weighted by Gasteiger charge is -2.26. The number of unbranched alkanes of at least 4 members (excludes halogenated alkanes) is 1. The van der Waals surface area contributed by atoms with Crippen molar-refractivity contribution in [2.75, 3.05) is 6.54 Å². The fourth-order valence-corrected chi connectivity index (χ4v) is 3.44. The molecular formula is C22H31NO2. The van der Waals surface area contributed by atoms with Crippen molar-refractivity contribution < 1.29 is 9.90 Å². The van der Waals surface area contributed by atoms with Gasteiger partial charge in [-0.25, -0.2) is 0 Å². The summed E-state index contributed by atoms with van der Waals surface area (Å²) >= 11 is 0. The van der Waals surface area contributed by atoms with Crippen LogP contribution in [0.1, 0.15) is 48.8 Å². The molecule has 1 aliphatic rings. The highest BCUT2D eigenvalue weighted by molar-refractivity contribution is 5.66. The highest BCUT2D eigenvalue weighted by Crippen LogP contribution is 2.26. The molecule has 0 radical (unpaired) electrons. The van der Waals surface area contributed by atoms with E-state index < -0.39 is 5.97 Å². The van der Waals surface area contributed by atoms with Crippen LogP contribution in [0.25, 0.3) is 0 Å². The van der Waals surface area contributed by atoms with E-state index in [9.17, 15) is 4.79 Å². The molecule has 2 atom stereocenters. The number of rotatable bonds is 9. The molecule has 2 rings (SSSR count). The third kappa shape index (κ3) is 6.87. The summed E-state index contributed by atoms with van der Waals surface area (Å²) in [7, 11) is 0. The number of benzene rings is 1. The second kappa shape index (κ2) is 10.2. The van der Waals surface area contributed by atoms with Crippen LogP contribution in [0.5, 0.6) is 0 Å². The monoisotopic (exact) mass is 341 g/mol. The van der Waals surface area contributed by atoms with Crippen LogP contribution in [-0.4, -0.2) is 17.6 Å². The van der Waals surface area contributed by atoms with Crippen molar-refractivity contribution in [2.24, 2.45) is 11.8 Å². The van der Waals surface area contributed by atoms with Gasteiger partial charge in [-0.15, -0.1) is 0 Å². The molecule has 25 heavy (non-hydrogen) atoms. The molecule has 3 heteroatoms. The minimum Gasteiger partial charge on any atom is -0.481 e. The van der Waals surface area contributed by atoms with E-state index in [2.05, 4.69) is 61.7 Å². The number of hydrogen-bond acceptors (Lipinski definition) is 2. The maximum absolute atomic E-state index is 10.6. The Balaban J connectivity index is 1.79. The van der Waals surface area contributed by atoms with Crippen molar-refractivity contribution in [3.8, 4) is 0 Å². The van der Waals surface area contributed by atoms with Gasteiger partial charge in [-0.2, -0.15) is 0 Å². The highest BCUT2D eigenvalue weighted by Gasteiger charge is 2.19. The average molecular weight is 341 g/mol. The molecule has 0 unspecified atom stereocenters. The molecule has 2 N–H and O–H groups in total. The number of hydrogen-bond donors (Lipinski definition) is 2. The SMILES string of the molecule is Cc1ccc(CNC[C@H]2CC=CC[C@@H]2/C=C\CCCC(=O)O)c(C)c1. The lowest BCUT2D eigenvalue weighted by Crippen LogP contribution is -2.28. The van der Waals surface area contributed by atoms with Crippen molar-refractivity contribution in [1.82, 2.24) is 5.32 Å². The summed E-state index contributed by atoms with van der Waals surface area (Å²) in [6.45, 7) is 6.24. The first kappa shape index (κ1) is 19.5. The van der Waals surface area contributed by atoms with E-state index in [1.54, 1.807) is 0 Å². The zero-order valence-electron chi connectivity index (χ0n) is 15.5. The first-order valence-electron chi connectivity index (χ1n) is 9.36. The van der Waals surface area contributed by atoms with Crippen LogP contribution in [0.2, 0.25) is 0 Å². The molecule has 0 spiro atoms. The fraction of sp³-hybridized carbons (Fsp3) is 0.500. The standard InChI is InChI=1S/C22H31NO2/c1-17-12-13-20(18(2)14-17)15-23-16-21-10-7-6-9-19(21)8-4-3-5-11-22(24)25/h4,6-8,12-14,19,21,23H,3,5,9-11,15-16H2,1-2H3,(H,24,25)/b8-4-/t19-,21+/m0/s1. The van der Waals surface area contributed by atoms with Crippen molar-refractivity contribution >= 4 is 5.97 Å². The maximum atomic E-state index is 10.6. The minimum atomic E-state index is -0.706. The molecule has 0 aliphatic heterocycles. The van der Waals surface area contributed by atoms with Crippen LogP contribution in [0.4, 0.5) is 0 Å². The molecule has 0 bridgehead atoms. The summed E-state index contributed by atoms with van der Waals surface area (Å²) in [5.74, 6) is 0.468. The number of allylic oxidation sites excluding steroid dienone is 4. The molecule has 1 aromatic rings. The van der Waals surface area contributed by atoms with Gasteiger partial charge in [0.1, 0.15) is 0 Å². The number of aliphatic carboxylic acids is 1. The van der Waals surface area contributed by atoms with Crippen LogP contribution in [0.3, 0.4) is 0 Å². The Morgan fingerprint density at radius 3 is 2.84 bits per heavy atom. The summed E-state index contributed by atoms with van der Waals surface area (Å²) in [5.41, 5.74) is 4.04. The first-order chi connectivity index (χ1) is 12.1. The number of carbonyl (C=O) groups is 1. The summed E-state index contributed by atoms with van der Waals surface area (Å²) in [6.07, 6.45) is 13.1. The van der Waals surface area contributed by atoms with E-state index in [4.69, 9.17) is 5.11 Å². The van der Waals surface area contributed by atoms with E-state index >= 15 is 0 Å². The molecule has 1 aromatic carbocycles. The van der Waals surface area contributed by atoms with E-state index in [1.807, 2.05) is 0 Å². The highest BCUT2D eigenvalue weighted by atomic mass is 16.4. The first-order valence-corrected chi connectivity index (χ1v) is 9.36. The maximum Gasteiger partial charge on any atom is 0.303 e.